The number of halogens is 3. The lowest BCUT2D eigenvalue weighted by molar-refractivity contribution is 0.0745. The number of carbonyl (C=O) groups excluding carboxylic acids is 1. The lowest BCUT2D eigenvalue weighted by Crippen LogP contribution is -2.48. The van der Waals surface area contributed by atoms with E-state index in [1.54, 1.807) is 17.0 Å². The van der Waals surface area contributed by atoms with Gasteiger partial charge in [0.05, 0.1) is 0 Å². The van der Waals surface area contributed by atoms with Crippen molar-refractivity contribution in [2.75, 3.05) is 31.1 Å². The first-order valence-corrected chi connectivity index (χ1v) is 7.29. The normalized spacial score (nSPS) is 14.9. The molecule has 0 spiro atoms. The van der Waals surface area contributed by atoms with Gasteiger partial charge >= 0.3 is 0 Å². The highest BCUT2D eigenvalue weighted by Crippen LogP contribution is 2.18. The van der Waals surface area contributed by atoms with E-state index in [-0.39, 0.29) is 17.3 Å². The van der Waals surface area contributed by atoms with Gasteiger partial charge in [0.15, 0.2) is 0 Å². The maximum absolute atomic E-state index is 13.2. The Hall–Kier alpha value is -2.50. The van der Waals surface area contributed by atoms with Gasteiger partial charge in [-0.1, -0.05) is 0 Å². The third-order valence-corrected chi connectivity index (χ3v) is 3.87. The van der Waals surface area contributed by atoms with Crippen LogP contribution in [0.5, 0.6) is 0 Å². The van der Waals surface area contributed by atoms with Crippen LogP contribution in [0.3, 0.4) is 0 Å². The molecular formula is C17H15F3N2O. The zero-order chi connectivity index (χ0) is 16.4. The number of nitrogens with zero attached hydrogens (tertiary/aromatic N) is 2. The highest BCUT2D eigenvalue weighted by atomic mass is 19.1. The lowest BCUT2D eigenvalue weighted by atomic mass is 10.1. The molecule has 1 amide bonds. The fourth-order valence-electron chi connectivity index (χ4n) is 2.68. The molecule has 0 aliphatic carbocycles. The highest BCUT2D eigenvalue weighted by Gasteiger charge is 2.23. The molecule has 6 heteroatoms. The lowest BCUT2D eigenvalue weighted by Gasteiger charge is -2.36. The first-order valence-electron chi connectivity index (χ1n) is 7.29. The van der Waals surface area contributed by atoms with Crippen LogP contribution < -0.4 is 4.90 Å². The summed E-state index contributed by atoms with van der Waals surface area (Å²) in [6, 6.07) is 8.98. The Kier molecular flexibility index (Phi) is 4.23. The van der Waals surface area contributed by atoms with Crippen molar-refractivity contribution in [2.24, 2.45) is 0 Å². The zero-order valence-corrected chi connectivity index (χ0v) is 12.3. The van der Waals surface area contributed by atoms with Gasteiger partial charge in [0, 0.05) is 43.5 Å². The molecule has 0 unspecified atom stereocenters. The molecule has 2 aromatic rings. The fourth-order valence-corrected chi connectivity index (χ4v) is 2.68. The molecule has 1 fully saturated rings. The van der Waals surface area contributed by atoms with E-state index in [4.69, 9.17) is 0 Å². The standard InChI is InChI=1S/C17H15F3N2O/c18-13-1-3-16(4-2-13)21-5-7-22(8-6-21)17(23)12-9-14(19)11-15(20)10-12/h1-4,9-11H,5-8H2. The molecule has 2 aromatic carbocycles. The summed E-state index contributed by atoms with van der Waals surface area (Å²) in [5, 5.41) is 0. The second kappa shape index (κ2) is 6.32. The van der Waals surface area contributed by atoms with Crippen LogP contribution >= 0.6 is 0 Å². The summed E-state index contributed by atoms with van der Waals surface area (Å²) in [5.41, 5.74) is 0.896. The van der Waals surface area contributed by atoms with Gasteiger partial charge in [0.25, 0.3) is 5.91 Å². The first kappa shape index (κ1) is 15.4. The maximum atomic E-state index is 13.2. The van der Waals surface area contributed by atoms with Crippen molar-refractivity contribution >= 4 is 11.6 Å². The minimum atomic E-state index is -0.765. The van der Waals surface area contributed by atoms with E-state index in [2.05, 4.69) is 0 Å². The molecule has 23 heavy (non-hydrogen) atoms. The monoisotopic (exact) mass is 320 g/mol. The number of hydrogen-bond acceptors (Lipinski definition) is 2. The molecule has 0 radical (unpaired) electrons. The minimum Gasteiger partial charge on any atom is -0.368 e. The van der Waals surface area contributed by atoms with Gasteiger partial charge in [-0.2, -0.15) is 0 Å². The van der Waals surface area contributed by atoms with Crippen LogP contribution in [0, 0.1) is 17.5 Å². The van der Waals surface area contributed by atoms with E-state index in [0.29, 0.717) is 26.2 Å². The molecule has 3 rings (SSSR count). The fraction of sp³-hybridized carbons (Fsp3) is 0.235. The third-order valence-electron chi connectivity index (χ3n) is 3.87. The smallest absolute Gasteiger partial charge is 0.254 e. The van der Waals surface area contributed by atoms with Crippen molar-refractivity contribution in [3.63, 3.8) is 0 Å². The van der Waals surface area contributed by atoms with E-state index < -0.39 is 11.6 Å². The summed E-state index contributed by atoms with van der Waals surface area (Å²) in [6.45, 7) is 2.03. The molecule has 1 aliphatic rings. The van der Waals surface area contributed by atoms with Crippen molar-refractivity contribution in [1.82, 2.24) is 4.90 Å². The summed E-state index contributed by atoms with van der Waals surface area (Å²) >= 11 is 0. The van der Waals surface area contributed by atoms with Gasteiger partial charge in [0.1, 0.15) is 17.5 Å². The highest BCUT2D eigenvalue weighted by molar-refractivity contribution is 5.94. The number of hydrogen-bond donors (Lipinski definition) is 0. The molecule has 1 heterocycles. The summed E-state index contributed by atoms with van der Waals surface area (Å²) in [4.78, 5) is 15.9. The summed E-state index contributed by atoms with van der Waals surface area (Å²) in [6.07, 6.45) is 0. The molecule has 1 aliphatic heterocycles. The largest absolute Gasteiger partial charge is 0.368 e. The quantitative estimate of drug-likeness (QED) is 0.849. The number of carbonyl (C=O) groups is 1. The van der Waals surface area contributed by atoms with Gasteiger partial charge in [-0.05, 0) is 36.4 Å². The van der Waals surface area contributed by atoms with Crippen molar-refractivity contribution in [1.29, 1.82) is 0 Å². The molecule has 120 valence electrons. The van der Waals surface area contributed by atoms with Gasteiger partial charge in [-0.15, -0.1) is 0 Å². The minimum absolute atomic E-state index is 0.0118. The van der Waals surface area contributed by atoms with E-state index >= 15 is 0 Å². The topological polar surface area (TPSA) is 23.6 Å². The van der Waals surface area contributed by atoms with Gasteiger partial charge in [-0.3, -0.25) is 4.79 Å². The number of piperazine rings is 1. The van der Waals surface area contributed by atoms with Crippen molar-refractivity contribution < 1.29 is 18.0 Å². The number of amides is 1. The Morgan fingerprint density at radius 2 is 1.35 bits per heavy atom. The molecular weight excluding hydrogens is 305 g/mol. The first-order chi connectivity index (χ1) is 11.0. The number of benzene rings is 2. The number of anilines is 1. The van der Waals surface area contributed by atoms with Crippen molar-refractivity contribution in [3.8, 4) is 0 Å². The molecule has 3 nitrogen and oxygen atoms in total. The van der Waals surface area contributed by atoms with Gasteiger partial charge in [-0.25, -0.2) is 13.2 Å². The summed E-state index contributed by atoms with van der Waals surface area (Å²) in [5.74, 6) is -2.21. The van der Waals surface area contributed by atoms with Crippen molar-refractivity contribution in [2.45, 2.75) is 0 Å². The van der Waals surface area contributed by atoms with Crippen LogP contribution in [0.15, 0.2) is 42.5 Å². The van der Waals surface area contributed by atoms with Crippen LogP contribution in [-0.2, 0) is 0 Å². The Morgan fingerprint density at radius 3 is 1.91 bits per heavy atom. The maximum Gasteiger partial charge on any atom is 0.254 e. The predicted molar refractivity (Wildman–Crippen MR) is 80.9 cm³/mol. The third kappa shape index (κ3) is 3.47. The van der Waals surface area contributed by atoms with E-state index in [9.17, 15) is 18.0 Å². The molecule has 0 saturated carbocycles. The average molecular weight is 320 g/mol. The van der Waals surface area contributed by atoms with Crippen LogP contribution in [0.25, 0.3) is 0 Å². The second-order valence-electron chi connectivity index (χ2n) is 5.41. The predicted octanol–water partition coefficient (Wildman–Crippen LogP) is 3.07. The molecule has 0 aromatic heterocycles. The molecule has 1 saturated heterocycles. The van der Waals surface area contributed by atoms with Crippen molar-refractivity contribution in [3.05, 3.63) is 65.5 Å². The Labute approximate surface area is 131 Å². The Morgan fingerprint density at radius 1 is 0.783 bits per heavy atom. The van der Waals surface area contributed by atoms with Crippen LogP contribution in [0.4, 0.5) is 18.9 Å². The van der Waals surface area contributed by atoms with Crippen LogP contribution in [0.1, 0.15) is 10.4 Å². The average Bonchev–Trinajstić information content (AvgIpc) is 2.54. The van der Waals surface area contributed by atoms with E-state index in [1.165, 1.54) is 12.1 Å². The zero-order valence-electron chi connectivity index (χ0n) is 12.3. The SMILES string of the molecule is O=C(c1cc(F)cc(F)c1)N1CCN(c2ccc(F)cc2)CC1. The van der Waals surface area contributed by atoms with E-state index in [0.717, 1.165) is 23.9 Å². The summed E-state index contributed by atoms with van der Waals surface area (Å²) < 4.78 is 39.4. The van der Waals surface area contributed by atoms with E-state index in [1.807, 2.05) is 4.90 Å². The Balaban J connectivity index is 1.66. The van der Waals surface area contributed by atoms with Gasteiger partial charge < -0.3 is 9.80 Å². The molecule has 0 atom stereocenters. The molecule has 0 bridgehead atoms. The van der Waals surface area contributed by atoms with Gasteiger partial charge in [0.2, 0.25) is 0 Å². The Bertz CT molecular complexity index is 690. The molecule has 0 N–H and O–H groups in total. The van der Waals surface area contributed by atoms with Crippen LogP contribution in [0.2, 0.25) is 0 Å². The summed E-state index contributed by atoms with van der Waals surface area (Å²) in [7, 11) is 0. The number of rotatable bonds is 2. The van der Waals surface area contributed by atoms with Crippen LogP contribution in [-0.4, -0.2) is 37.0 Å². The second-order valence-corrected chi connectivity index (χ2v) is 5.41.